The van der Waals surface area contributed by atoms with E-state index in [0.29, 0.717) is 0 Å². The van der Waals surface area contributed by atoms with Crippen LogP contribution in [0.1, 0.15) is 0 Å². The van der Waals surface area contributed by atoms with Crippen LogP contribution in [0.2, 0.25) is 0 Å². The van der Waals surface area contributed by atoms with E-state index in [1.165, 1.54) is 0 Å². The molecular formula is C24H24CeO2Si2. The molecule has 0 bridgehead atoms. The average molecular weight is 541 g/mol. The van der Waals surface area contributed by atoms with Crippen molar-refractivity contribution in [2.45, 2.75) is 0 Å². The second kappa shape index (κ2) is 13.0. The Labute approximate surface area is 209 Å². The van der Waals surface area contributed by atoms with E-state index in [9.17, 15) is 9.59 Å². The van der Waals surface area contributed by atoms with Crippen molar-refractivity contribution >= 4 is 38.8 Å². The van der Waals surface area contributed by atoms with Crippen LogP contribution < -0.4 is 20.7 Å². The van der Waals surface area contributed by atoms with E-state index in [-0.39, 0.29) is 41.7 Å². The van der Waals surface area contributed by atoms with Crippen LogP contribution in [-0.4, -0.2) is 27.7 Å². The summed E-state index contributed by atoms with van der Waals surface area (Å²) in [5, 5.41) is 4.27. The van der Waals surface area contributed by atoms with E-state index in [1.54, 1.807) is 0 Å². The van der Waals surface area contributed by atoms with Gasteiger partial charge in [0.2, 0.25) is 18.1 Å². The summed E-state index contributed by atoms with van der Waals surface area (Å²) in [5.41, 5.74) is 0. The van der Waals surface area contributed by atoms with E-state index in [0.717, 1.165) is 20.7 Å². The maximum atomic E-state index is 10.1. The van der Waals surface area contributed by atoms with Crippen LogP contribution in [0, 0.1) is 41.7 Å². The third-order valence-electron chi connectivity index (χ3n) is 4.46. The molecule has 4 aromatic carbocycles. The molecule has 0 aliphatic heterocycles. The molecule has 4 rings (SSSR count). The molecule has 0 saturated heterocycles. The van der Waals surface area contributed by atoms with Gasteiger partial charge in [-0.2, -0.15) is 0 Å². The van der Waals surface area contributed by atoms with Gasteiger partial charge in [0.1, 0.15) is 0 Å². The van der Waals surface area contributed by atoms with Gasteiger partial charge in [0, 0.05) is 41.7 Å². The van der Waals surface area contributed by atoms with Crippen molar-refractivity contribution in [3.05, 3.63) is 121 Å². The zero-order valence-corrected chi connectivity index (χ0v) is 21.5. The first-order valence-electron chi connectivity index (χ1n) is 9.31. The molecule has 0 saturated carbocycles. The summed E-state index contributed by atoms with van der Waals surface area (Å²) in [5.74, 6) is 0. The zero-order valence-electron chi connectivity index (χ0n) is 16.1. The van der Waals surface area contributed by atoms with Crippen LogP contribution >= 0.6 is 0 Å². The molecule has 0 atom stereocenters. The van der Waals surface area contributed by atoms with Gasteiger partial charge in [-0.25, -0.2) is 0 Å². The van der Waals surface area contributed by atoms with Crippen LogP contribution in [0.4, 0.5) is 0 Å². The van der Waals surface area contributed by atoms with Crippen molar-refractivity contribution in [2.24, 2.45) is 0 Å². The average Bonchev–Trinajstić information content (AvgIpc) is 2.81. The van der Waals surface area contributed by atoms with E-state index < -0.39 is 18.1 Å². The summed E-state index contributed by atoms with van der Waals surface area (Å²) in [7, 11) is -3.84. The van der Waals surface area contributed by atoms with E-state index in [1.807, 2.05) is 121 Å². The fourth-order valence-electron chi connectivity index (χ4n) is 2.93. The van der Waals surface area contributed by atoms with E-state index in [4.69, 9.17) is 0 Å². The number of rotatable bonds is 4. The molecule has 144 valence electrons. The Kier molecular flexibility index (Phi) is 10.7. The van der Waals surface area contributed by atoms with Crippen molar-refractivity contribution in [3.8, 4) is 0 Å². The normalized spacial score (nSPS) is 10.1. The largest absolute Gasteiger partial charge is 0.426 e. The van der Waals surface area contributed by atoms with Crippen molar-refractivity contribution in [1.82, 2.24) is 0 Å². The molecule has 4 aromatic rings. The smallest absolute Gasteiger partial charge is 0.236 e. The zero-order chi connectivity index (χ0) is 19.6. The molecule has 0 heterocycles. The van der Waals surface area contributed by atoms with Crippen molar-refractivity contribution in [3.63, 3.8) is 0 Å². The summed E-state index contributed by atoms with van der Waals surface area (Å²) >= 11 is 0. The molecule has 0 aliphatic rings. The van der Waals surface area contributed by atoms with Crippen LogP contribution in [0.3, 0.4) is 0 Å². The first-order chi connectivity index (χ1) is 13.8. The SMILES string of the molecule is O[SiH](c1ccccc1)c1ccccc1.O[SiH](c1ccccc1)c1ccccc1.[Ce]. The molecule has 0 radical (unpaired) electrons. The van der Waals surface area contributed by atoms with Crippen LogP contribution in [0.25, 0.3) is 0 Å². The van der Waals surface area contributed by atoms with E-state index >= 15 is 0 Å². The fraction of sp³-hybridized carbons (Fsp3) is 0. The maximum Gasteiger partial charge on any atom is 0.236 e. The molecule has 0 unspecified atom stereocenters. The van der Waals surface area contributed by atoms with Gasteiger partial charge in [0.05, 0.1) is 0 Å². The first kappa shape index (κ1) is 23.9. The van der Waals surface area contributed by atoms with Gasteiger partial charge >= 0.3 is 0 Å². The Balaban J connectivity index is 0.000000200. The first-order valence-corrected chi connectivity index (χ1v) is 12.7. The minimum absolute atomic E-state index is 0. The third-order valence-corrected chi connectivity index (χ3v) is 8.53. The Hall–Kier alpha value is -1.39. The van der Waals surface area contributed by atoms with Crippen LogP contribution in [0.5, 0.6) is 0 Å². The van der Waals surface area contributed by atoms with Gasteiger partial charge in [0.15, 0.2) is 0 Å². The molecule has 0 spiro atoms. The second-order valence-electron chi connectivity index (χ2n) is 6.45. The second-order valence-corrected chi connectivity index (χ2v) is 10.7. The molecule has 0 aliphatic carbocycles. The van der Waals surface area contributed by atoms with E-state index in [2.05, 4.69) is 0 Å². The Morgan fingerprint density at radius 3 is 0.690 bits per heavy atom. The minimum Gasteiger partial charge on any atom is -0.426 e. The van der Waals surface area contributed by atoms with Crippen LogP contribution in [-0.2, 0) is 0 Å². The number of hydrogen-bond acceptors (Lipinski definition) is 2. The summed E-state index contributed by atoms with van der Waals surface area (Å²) in [6.07, 6.45) is 0. The maximum absolute atomic E-state index is 10.1. The van der Waals surface area contributed by atoms with Gasteiger partial charge in [-0.1, -0.05) is 121 Å². The van der Waals surface area contributed by atoms with Gasteiger partial charge in [0.25, 0.3) is 0 Å². The van der Waals surface area contributed by atoms with Gasteiger partial charge in [-0.15, -0.1) is 0 Å². The van der Waals surface area contributed by atoms with Crippen molar-refractivity contribution in [2.75, 3.05) is 0 Å². The van der Waals surface area contributed by atoms with Gasteiger partial charge < -0.3 is 9.59 Å². The molecule has 2 nitrogen and oxygen atoms in total. The molecule has 2 N–H and O–H groups in total. The molecule has 0 amide bonds. The summed E-state index contributed by atoms with van der Waals surface area (Å²) < 4.78 is 0. The summed E-state index contributed by atoms with van der Waals surface area (Å²) in [4.78, 5) is 20.3. The van der Waals surface area contributed by atoms with Crippen molar-refractivity contribution in [1.29, 1.82) is 0 Å². The predicted molar refractivity (Wildman–Crippen MR) is 123 cm³/mol. The van der Waals surface area contributed by atoms with Gasteiger partial charge in [-0.05, 0) is 20.7 Å². The van der Waals surface area contributed by atoms with Gasteiger partial charge in [-0.3, -0.25) is 0 Å². The Morgan fingerprint density at radius 1 is 0.345 bits per heavy atom. The van der Waals surface area contributed by atoms with Crippen molar-refractivity contribution < 1.29 is 51.3 Å². The minimum atomic E-state index is -1.92. The quantitative estimate of drug-likeness (QED) is 0.380. The molecular weight excluding hydrogens is 517 g/mol. The standard InChI is InChI=1S/2C12H12OSi.Ce/c2*13-14(11-7-3-1-4-8-11)12-9-5-2-6-10-12;/h2*1-10,13-14H;. The fourth-order valence-corrected chi connectivity index (χ4v) is 6.04. The Morgan fingerprint density at radius 2 is 0.517 bits per heavy atom. The summed E-state index contributed by atoms with van der Waals surface area (Å²) in [6.45, 7) is 0. The monoisotopic (exact) mass is 540 g/mol. The number of hydrogen-bond donors (Lipinski definition) is 2. The molecule has 0 aromatic heterocycles. The molecule has 29 heavy (non-hydrogen) atoms. The topological polar surface area (TPSA) is 40.5 Å². The third kappa shape index (κ3) is 7.42. The molecule has 0 fully saturated rings. The summed E-state index contributed by atoms with van der Waals surface area (Å²) in [6, 6.07) is 39.5. The Bertz CT molecular complexity index is 779. The predicted octanol–water partition coefficient (Wildman–Crippen LogP) is 1.03. The molecule has 5 heteroatoms. The van der Waals surface area contributed by atoms with Crippen LogP contribution in [0.15, 0.2) is 121 Å². The number of benzene rings is 4.